The van der Waals surface area contributed by atoms with Crippen molar-refractivity contribution < 1.29 is 18.4 Å². The van der Waals surface area contributed by atoms with Gasteiger partial charge < -0.3 is 4.74 Å². The first-order chi connectivity index (χ1) is 7.00. The van der Waals surface area contributed by atoms with Gasteiger partial charge in [0.15, 0.2) is 0 Å². The minimum Gasteiger partial charge on any atom is -0.487 e. The molecule has 15 heavy (non-hydrogen) atoms. The Kier molecular flexibility index (Phi) is 3.54. The predicted octanol–water partition coefficient (Wildman–Crippen LogP) is 2.55. The summed E-state index contributed by atoms with van der Waals surface area (Å²) >= 11 is 0. The molecule has 0 bridgehead atoms. The number of benzene rings is 1. The van der Waals surface area contributed by atoms with Crippen LogP contribution in [0.15, 0.2) is 18.2 Å². The Labute approximate surface area is 84.6 Å². The molecule has 0 spiro atoms. The largest absolute Gasteiger partial charge is 0.487 e. The van der Waals surface area contributed by atoms with Crippen LogP contribution in [-0.4, -0.2) is 18.0 Å². The van der Waals surface area contributed by atoms with Crippen LogP contribution in [0.25, 0.3) is 0 Å². The van der Waals surface area contributed by atoms with Gasteiger partial charge in [0, 0.05) is 5.56 Å². The van der Waals surface area contributed by atoms with Crippen LogP contribution in [0.1, 0.15) is 5.56 Å². The van der Waals surface area contributed by atoms with Crippen molar-refractivity contribution in [2.45, 2.75) is 13.3 Å². The fourth-order valence-electron chi connectivity index (χ4n) is 1.03. The normalized spacial score (nSPS) is 10.4. The highest BCUT2D eigenvalue weighted by atomic mass is 19.3. The SMILES string of the molecule is Cc1ccc(OCC(F)F)cc1[N+](=O)[O-]. The fraction of sp³-hybridized carbons (Fsp3) is 0.333. The van der Waals surface area contributed by atoms with E-state index in [0.29, 0.717) is 5.56 Å². The van der Waals surface area contributed by atoms with Gasteiger partial charge in [0.2, 0.25) is 0 Å². The Morgan fingerprint density at radius 2 is 2.20 bits per heavy atom. The van der Waals surface area contributed by atoms with Crippen LogP contribution in [0, 0.1) is 17.0 Å². The summed E-state index contributed by atoms with van der Waals surface area (Å²) in [7, 11) is 0. The van der Waals surface area contributed by atoms with Crippen LogP contribution in [0.2, 0.25) is 0 Å². The van der Waals surface area contributed by atoms with Gasteiger partial charge in [-0.15, -0.1) is 0 Å². The Balaban J connectivity index is 2.83. The van der Waals surface area contributed by atoms with Crippen molar-refractivity contribution in [3.8, 4) is 5.75 Å². The summed E-state index contributed by atoms with van der Waals surface area (Å²) in [6, 6.07) is 4.02. The van der Waals surface area contributed by atoms with E-state index in [1.54, 1.807) is 6.92 Å². The van der Waals surface area contributed by atoms with E-state index in [4.69, 9.17) is 0 Å². The molecule has 0 unspecified atom stereocenters. The Morgan fingerprint density at radius 3 is 2.73 bits per heavy atom. The summed E-state index contributed by atoms with van der Waals surface area (Å²) in [6.45, 7) is 0.801. The van der Waals surface area contributed by atoms with Crippen molar-refractivity contribution >= 4 is 5.69 Å². The zero-order valence-electron chi connectivity index (χ0n) is 7.94. The maximum atomic E-state index is 11.8. The van der Waals surface area contributed by atoms with Crippen molar-refractivity contribution in [1.82, 2.24) is 0 Å². The van der Waals surface area contributed by atoms with Crippen LogP contribution >= 0.6 is 0 Å². The molecular formula is C9H9F2NO3. The number of hydrogen-bond donors (Lipinski definition) is 0. The highest BCUT2D eigenvalue weighted by Crippen LogP contribution is 2.23. The first kappa shape index (κ1) is 11.4. The zero-order chi connectivity index (χ0) is 11.4. The minimum absolute atomic E-state index is 0.0765. The van der Waals surface area contributed by atoms with Gasteiger partial charge >= 0.3 is 0 Å². The summed E-state index contributed by atoms with van der Waals surface area (Å²) in [6.07, 6.45) is -2.59. The van der Waals surface area contributed by atoms with Crippen molar-refractivity contribution in [2.75, 3.05) is 6.61 Å². The number of ether oxygens (including phenoxy) is 1. The van der Waals surface area contributed by atoms with E-state index in [0.717, 1.165) is 6.07 Å². The molecule has 4 nitrogen and oxygen atoms in total. The lowest BCUT2D eigenvalue weighted by Gasteiger charge is -2.05. The van der Waals surface area contributed by atoms with Crippen LogP contribution in [-0.2, 0) is 0 Å². The Morgan fingerprint density at radius 1 is 1.53 bits per heavy atom. The van der Waals surface area contributed by atoms with Crippen molar-refractivity contribution in [3.63, 3.8) is 0 Å². The van der Waals surface area contributed by atoms with Crippen LogP contribution in [0.5, 0.6) is 5.75 Å². The van der Waals surface area contributed by atoms with Gasteiger partial charge in [0.25, 0.3) is 12.1 Å². The predicted molar refractivity (Wildman–Crippen MR) is 49.3 cm³/mol. The van der Waals surface area contributed by atoms with E-state index in [-0.39, 0.29) is 11.4 Å². The lowest BCUT2D eigenvalue weighted by Crippen LogP contribution is -2.07. The second-order valence-electron chi connectivity index (χ2n) is 2.91. The number of aryl methyl sites for hydroxylation is 1. The number of nitro groups is 1. The molecule has 1 aromatic rings. The number of nitrogens with zero attached hydrogens (tertiary/aromatic N) is 1. The van der Waals surface area contributed by atoms with Gasteiger partial charge in [-0.1, -0.05) is 0 Å². The highest BCUT2D eigenvalue weighted by molar-refractivity contribution is 5.45. The molecule has 0 N–H and O–H groups in total. The molecule has 0 aliphatic carbocycles. The highest BCUT2D eigenvalue weighted by Gasteiger charge is 2.12. The van der Waals surface area contributed by atoms with Crippen LogP contribution in [0.3, 0.4) is 0 Å². The van der Waals surface area contributed by atoms with Gasteiger partial charge in [0.05, 0.1) is 11.0 Å². The first-order valence-electron chi connectivity index (χ1n) is 4.16. The van der Waals surface area contributed by atoms with E-state index in [1.165, 1.54) is 12.1 Å². The summed E-state index contributed by atoms with van der Waals surface area (Å²) in [4.78, 5) is 9.94. The van der Waals surface area contributed by atoms with E-state index in [2.05, 4.69) is 4.74 Å². The smallest absolute Gasteiger partial charge is 0.276 e. The maximum absolute atomic E-state index is 11.8. The summed E-state index contributed by atoms with van der Waals surface area (Å²) in [5.41, 5.74) is 0.325. The molecule has 0 atom stereocenters. The molecule has 1 rings (SSSR count). The second kappa shape index (κ2) is 4.68. The Bertz CT molecular complexity index is 368. The summed E-state index contributed by atoms with van der Waals surface area (Å²) in [5, 5.41) is 10.5. The van der Waals surface area contributed by atoms with Gasteiger partial charge in [-0.05, 0) is 19.1 Å². The molecule has 0 fully saturated rings. The van der Waals surface area contributed by atoms with E-state index in [9.17, 15) is 18.9 Å². The van der Waals surface area contributed by atoms with Crippen molar-refractivity contribution in [1.29, 1.82) is 0 Å². The third kappa shape index (κ3) is 3.16. The molecule has 0 radical (unpaired) electrons. The second-order valence-corrected chi connectivity index (χ2v) is 2.91. The average Bonchev–Trinajstić information content (AvgIpc) is 2.16. The molecule has 0 heterocycles. The third-order valence-corrected chi connectivity index (χ3v) is 1.75. The quantitative estimate of drug-likeness (QED) is 0.575. The molecule has 1 aromatic carbocycles. The average molecular weight is 217 g/mol. The van der Waals surface area contributed by atoms with Gasteiger partial charge in [0.1, 0.15) is 12.4 Å². The molecular weight excluding hydrogens is 208 g/mol. The third-order valence-electron chi connectivity index (χ3n) is 1.75. The number of nitro benzene ring substituents is 1. The zero-order valence-corrected chi connectivity index (χ0v) is 7.94. The molecule has 0 amide bonds. The van der Waals surface area contributed by atoms with E-state index >= 15 is 0 Å². The monoisotopic (exact) mass is 217 g/mol. The van der Waals surface area contributed by atoms with Crippen LogP contribution < -0.4 is 4.74 Å². The maximum Gasteiger partial charge on any atom is 0.276 e. The van der Waals surface area contributed by atoms with Gasteiger partial charge in [-0.2, -0.15) is 0 Å². The van der Waals surface area contributed by atoms with Crippen LogP contribution in [0.4, 0.5) is 14.5 Å². The number of alkyl halides is 2. The summed E-state index contributed by atoms with van der Waals surface area (Å²) < 4.78 is 28.3. The molecule has 82 valence electrons. The van der Waals surface area contributed by atoms with E-state index in [1.807, 2.05) is 0 Å². The lowest BCUT2D eigenvalue weighted by molar-refractivity contribution is -0.385. The van der Waals surface area contributed by atoms with Crippen molar-refractivity contribution in [3.05, 3.63) is 33.9 Å². The number of rotatable bonds is 4. The van der Waals surface area contributed by atoms with Gasteiger partial charge in [-0.3, -0.25) is 10.1 Å². The number of hydrogen-bond acceptors (Lipinski definition) is 3. The van der Waals surface area contributed by atoms with Gasteiger partial charge in [-0.25, -0.2) is 8.78 Å². The lowest BCUT2D eigenvalue weighted by atomic mass is 10.2. The molecule has 0 saturated carbocycles. The molecule has 0 aliphatic heterocycles. The minimum atomic E-state index is -2.59. The van der Waals surface area contributed by atoms with E-state index < -0.39 is 18.0 Å². The Hall–Kier alpha value is -1.72. The number of halogens is 2. The molecule has 0 aromatic heterocycles. The first-order valence-corrected chi connectivity index (χ1v) is 4.16. The summed E-state index contributed by atoms with van der Waals surface area (Å²) in [5.74, 6) is 0.0765. The topological polar surface area (TPSA) is 52.4 Å². The molecule has 0 aliphatic rings. The van der Waals surface area contributed by atoms with Crippen molar-refractivity contribution in [2.24, 2.45) is 0 Å². The fourth-order valence-corrected chi connectivity index (χ4v) is 1.03. The standard InChI is InChI=1S/C9H9F2NO3/c1-6-2-3-7(15-5-9(10)11)4-8(6)12(13)14/h2-4,9H,5H2,1H3. The molecule has 6 heteroatoms. The molecule has 0 saturated heterocycles.